The average Bonchev–Trinajstić information content (AvgIpc) is 2.76. The van der Waals surface area contributed by atoms with Crippen LogP contribution in [-0.2, 0) is 9.59 Å². The van der Waals surface area contributed by atoms with Crippen LogP contribution in [0.15, 0.2) is 22.7 Å². The predicted molar refractivity (Wildman–Crippen MR) is 80.5 cm³/mol. The fraction of sp³-hybridized carbons (Fsp3) is 0.467. The van der Waals surface area contributed by atoms with Crippen LogP contribution in [0.25, 0.3) is 0 Å². The third kappa shape index (κ3) is 3.20. The summed E-state index contributed by atoms with van der Waals surface area (Å²) in [5.41, 5.74) is 1.78. The van der Waals surface area contributed by atoms with E-state index in [0.29, 0.717) is 18.5 Å². The number of carbonyl (C=O) groups is 2. The molecule has 2 N–H and O–H groups in total. The second-order valence-electron chi connectivity index (χ2n) is 5.58. The summed E-state index contributed by atoms with van der Waals surface area (Å²) >= 11 is 3.42. The number of aryl methyl sites for hydroxylation is 1. The highest BCUT2D eigenvalue weighted by molar-refractivity contribution is 9.10. The Morgan fingerprint density at radius 2 is 1.95 bits per heavy atom. The zero-order valence-electron chi connectivity index (χ0n) is 11.5. The summed E-state index contributed by atoms with van der Waals surface area (Å²) in [6.45, 7) is 3.96. The van der Waals surface area contributed by atoms with Crippen molar-refractivity contribution in [1.82, 2.24) is 0 Å². The van der Waals surface area contributed by atoms with Gasteiger partial charge in [0.1, 0.15) is 0 Å². The van der Waals surface area contributed by atoms with Crippen LogP contribution in [0.5, 0.6) is 0 Å². The van der Waals surface area contributed by atoms with E-state index in [0.717, 1.165) is 10.0 Å². The molecule has 3 atom stereocenters. The van der Waals surface area contributed by atoms with Crippen molar-refractivity contribution in [2.45, 2.75) is 26.7 Å². The van der Waals surface area contributed by atoms with Crippen molar-refractivity contribution in [2.75, 3.05) is 5.32 Å². The maximum atomic E-state index is 12.3. The van der Waals surface area contributed by atoms with Crippen LogP contribution in [0.3, 0.4) is 0 Å². The zero-order chi connectivity index (χ0) is 14.9. The minimum absolute atomic E-state index is 0.197. The van der Waals surface area contributed by atoms with Crippen LogP contribution >= 0.6 is 15.9 Å². The Balaban J connectivity index is 2.11. The van der Waals surface area contributed by atoms with Crippen molar-refractivity contribution in [3.05, 3.63) is 28.2 Å². The Bertz CT molecular complexity index is 544. The van der Waals surface area contributed by atoms with Gasteiger partial charge in [-0.3, -0.25) is 9.59 Å². The monoisotopic (exact) mass is 339 g/mol. The average molecular weight is 340 g/mol. The van der Waals surface area contributed by atoms with Crippen LogP contribution in [0.2, 0.25) is 0 Å². The van der Waals surface area contributed by atoms with Crippen LogP contribution in [0, 0.1) is 24.7 Å². The van der Waals surface area contributed by atoms with E-state index in [1.807, 2.05) is 32.0 Å². The molecule has 0 bridgehead atoms. The number of hydrogen-bond donors (Lipinski definition) is 2. The molecule has 1 amide bonds. The quantitative estimate of drug-likeness (QED) is 0.886. The fourth-order valence-electron chi connectivity index (χ4n) is 2.76. The number of carbonyl (C=O) groups excluding carboxylic acids is 1. The molecular weight excluding hydrogens is 322 g/mol. The van der Waals surface area contributed by atoms with Gasteiger partial charge in [0.05, 0.1) is 11.8 Å². The van der Waals surface area contributed by atoms with Crippen molar-refractivity contribution >= 4 is 33.5 Å². The number of rotatable bonds is 3. The Labute approximate surface area is 126 Å². The van der Waals surface area contributed by atoms with Gasteiger partial charge in [-0.1, -0.05) is 28.9 Å². The topological polar surface area (TPSA) is 66.4 Å². The van der Waals surface area contributed by atoms with Crippen molar-refractivity contribution in [2.24, 2.45) is 17.8 Å². The maximum Gasteiger partial charge on any atom is 0.307 e. The van der Waals surface area contributed by atoms with Crippen LogP contribution in [0.1, 0.15) is 25.3 Å². The van der Waals surface area contributed by atoms with Gasteiger partial charge in [0.25, 0.3) is 0 Å². The van der Waals surface area contributed by atoms with Crippen molar-refractivity contribution < 1.29 is 14.7 Å². The molecule has 1 aliphatic rings. The Morgan fingerprint density at radius 3 is 2.55 bits per heavy atom. The van der Waals surface area contributed by atoms with E-state index in [1.54, 1.807) is 0 Å². The second-order valence-corrected chi connectivity index (χ2v) is 6.44. The molecule has 1 fully saturated rings. The van der Waals surface area contributed by atoms with Crippen LogP contribution in [0.4, 0.5) is 5.69 Å². The molecule has 20 heavy (non-hydrogen) atoms. The summed E-state index contributed by atoms with van der Waals surface area (Å²) in [4.78, 5) is 23.5. The highest BCUT2D eigenvalue weighted by Crippen LogP contribution is 2.37. The third-order valence-electron chi connectivity index (χ3n) is 3.89. The van der Waals surface area contributed by atoms with Crippen molar-refractivity contribution in [3.8, 4) is 0 Å². The molecule has 4 nitrogen and oxygen atoms in total. The van der Waals surface area contributed by atoms with E-state index in [9.17, 15) is 14.7 Å². The van der Waals surface area contributed by atoms with Crippen molar-refractivity contribution in [1.29, 1.82) is 0 Å². The number of halogens is 1. The molecular formula is C15H18BrNO3. The van der Waals surface area contributed by atoms with Gasteiger partial charge < -0.3 is 10.4 Å². The normalized spacial score (nSPS) is 25.4. The lowest BCUT2D eigenvalue weighted by molar-refractivity contribution is -0.145. The van der Waals surface area contributed by atoms with E-state index in [-0.39, 0.29) is 11.8 Å². The van der Waals surface area contributed by atoms with Gasteiger partial charge in [-0.2, -0.15) is 0 Å². The number of amides is 1. The molecule has 1 aromatic rings. The molecule has 0 aromatic heterocycles. The lowest BCUT2D eigenvalue weighted by atomic mass is 9.95. The lowest BCUT2D eigenvalue weighted by Gasteiger charge is -2.16. The fourth-order valence-corrected chi connectivity index (χ4v) is 3.14. The highest BCUT2D eigenvalue weighted by atomic mass is 79.9. The van der Waals surface area contributed by atoms with Gasteiger partial charge in [0.2, 0.25) is 5.91 Å². The molecule has 5 heteroatoms. The summed E-state index contributed by atoms with van der Waals surface area (Å²) in [6, 6.07) is 5.57. The molecule has 3 unspecified atom stereocenters. The first-order valence-corrected chi connectivity index (χ1v) is 7.47. The summed E-state index contributed by atoms with van der Waals surface area (Å²) in [5, 5.41) is 12.0. The van der Waals surface area contributed by atoms with Gasteiger partial charge in [-0.05, 0) is 43.4 Å². The maximum absolute atomic E-state index is 12.3. The number of benzene rings is 1. The number of carboxylic acid groups (broad SMARTS) is 1. The Morgan fingerprint density at radius 1 is 1.30 bits per heavy atom. The number of nitrogens with one attached hydrogen (secondary N) is 1. The van der Waals surface area contributed by atoms with E-state index in [1.165, 1.54) is 0 Å². The van der Waals surface area contributed by atoms with Gasteiger partial charge in [-0.15, -0.1) is 0 Å². The summed E-state index contributed by atoms with van der Waals surface area (Å²) < 4.78 is 0.921. The lowest BCUT2D eigenvalue weighted by Crippen LogP contribution is -2.30. The number of hydrogen-bond acceptors (Lipinski definition) is 2. The molecule has 1 saturated carbocycles. The van der Waals surface area contributed by atoms with Crippen LogP contribution in [-0.4, -0.2) is 17.0 Å². The smallest absolute Gasteiger partial charge is 0.307 e. The minimum Gasteiger partial charge on any atom is -0.481 e. The van der Waals surface area contributed by atoms with E-state index in [2.05, 4.69) is 21.2 Å². The zero-order valence-corrected chi connectivity index (χ0v) is 13.1. The van der Waals surface area contributed by atoms with Gasteiger partial charge in [-0.25, -0.2) is 0 Å². The van der Waals surface area contributed by atoms with Crippen LogP contribution < -0.4 is 5.32 Å². The SMILES string of the molecule is Cc1ccc(NC(=O)C2CC(C)CC2C(=O)O)cc1Br. The molecule has 0 saturated heterocycles. The Hall–Kier alpha value is -1.36. The summed E-state index contributed by atoms with van der Waals surface area (Å²) in [6.07, 6.45) is 1.21. The predicted octanol–water partition coefficient (Wildman–Crippen LogP) is 3.44. The molecule has 108 valence electrons. The third-order valence-corrected chi connectivity index (χ3v) is 4.75. The van der Waals surface area contributed by atoms with E-state index in [4.69, 9.17) is 0 Å². The molecule has 0 spiro atoms. The summed E-state index contributed by atoms with van der Waals surface area (Å²) in [7, 11) is 0. The van der Waals surface area contributed by atoms with Gasteiger partial charge in [0, 0.05) is 10.2 Å². The largest absolute Gasteiger partial charge is 0.481 e. The van der Waals surface area contributed by atoms with E-state index < -0.39 is 17.8 Å². The standard InChI is InChI=1S/C15H18BrNO3/c1-8-5-11(12(6-8)15(19)20)14(18)17-10-4-3-9(2)13(16)7-10/h3-4,7-8,11-12H,5-6H2,1-2H3,(H,17,18)(H,19,20). The molecule has 0 radical (unpaired) electrons. The first kappa shape index (κ1) is 15.0. The van der Waals surface area contributed by atoms with Crippen molar-refractivity contribution in [3.63, 3.8) is 0 Å². The van der Waals surface area contributed by atoms with E-state index >= 15 is 0 Å². The molecule has 1 aliphatic carbocycles. The first-order chi connectivity index (χ1) is 9.38. The van der Waals surface area contributed by atoms with Gasteiger partial charge in [0.15, 0.2) is 0 Å². The summed E-state index contributed by atoms with van der Waals surface area (Å²) in [5.74, 6) is -1.81. The molecule has 2 rings (SSSR count). The molecule has 0 heterocycles. The number of aliphatic carboxylic acids is 1. The number of anilines is 1. The molecule has 0 aliphatic heterocycles. The second kappa shape index (κ2) is 5.95. The Kier molecular flexibility index (Phi) is 4.48. The highest BCUT2D eigenvalue weighted by Gasteiger charge is 2.41. The van der Waals surface area contributed by atoms with Gasteiger partial charge >= 0.3 is 5.97 Å². The molecule has 1 aromatic carbocycles. The minimum atomic E-state index is -0.875. The first-order valence-electron chi connectivity index (χ1n) is 6.68. The number of carboxylic acids is 1.